The monoisotopic (exact) mass is 410 g/mol. The molecule has 10 heteroatoms. The average Bonchev–Trinajstić information content (AvgIpc) is 3.25. The Labute approximate surface area is 163 Å². The first-order chi connectivity index (χ1) is 12.8. The van der Waals surface area contributed by atoms with E-state index >= 15 is 0 Å². The van der Waals surface area contributed by atoms with Crippen LogP contribution in [-0.4, -0.2) is 36.5 Å². The molecule has 2 aromatic rings. The third-order valence-electron chi connectivity index (χ3n) is 4.60. The van der Waals surface area contributed by atoms with E-state index < -0.39 is 16.8 Å². The van der Waals surface area contributed by atoms with Gasteiger partial charge < -0.3 is 15.0 Å². The summed E-state index contributed by atoms with van der Waals surface area (Å²) in [6.07, 6.45) is 0.740. The molecule has 0 aliphatic carbocycles. The zero-order chi connectivity index (χ0) is 19.7. The largest absolute Gasteiger partial charge is 0.465 e. The van der Waals surface area contributed by atoms with Gasteiger partial charge >= 0.3 is 11.0 Å². The Morgan fingerprint density at radius 2 is 2.07 bits per heavy atom. The fraction of sp³-hybridized carbons (Fsp3) is 0.412. The molecule has 1 atom stereocenters. The number of nitro groups is 1. The third kappa shape index (κ3) is 3.87. The van der Waals surface area contributed by atoms with E-state index in [0.29, 0.717) is 16.6 Å². The van der Waals surface area contributed by atoms with Crippen molar-refractivity contribution in [1.29, 1.82) is 0 Å². The van der Waals surface area contributed by atoms with Crippen LogP contribution in [-0.2, 0) is 17.7 Å². The lowest BCUT2D eigenvalue weighted by Crippen LogP contribution is -3.14. The van der Waals surface area contributed by atoms with Gasteiger partial charge in [-0.1, -0.05) is 11.3 Å². The summed E-state index contributed by atoms with van der Waals surface area (Å²) in [6.45, 7) is 6.01. The summed E-state index contributed by atoms with van der Waals surface area (Å²) >= 11 is 2.18. The maximum Gasteiger partial charge on any atom is 0.341 e. The molecule has 0 fully saturated rings. The van der Waals surface area contributed by atoms with Crippen LogP contribution in [0.3, 0.4) is 0 Å². The van der Waals surface area contributed by atoms with E-state index in [1.54, 1.807) is 0 Å². The van der Waals surface area contributed by atoms with E-state index in [9.17, 15) is 19.7 Å². The number of hydrogen-bond donors (Lipinski definition) is 2. The Kier molecular flexibility index (Phi) is 5.59. The summed E-state index contributed by atoms with van der Waals surface area (Å²) in [5.74, 6) is -0.946. The van der Waals surface area contributed by atoms with E-state index in [4.69, 9.17) is 4.74 Å². The van der Waals surface area contributed by atoms with Gasteiger partial charge in [-0.15, -0.1) is 11.3 Å². The molecule has 0 saturated heterocycles. The SMILES string of the molecule is COC(=O)c1c(NC(=O)c2ccc([N+](=O)[O-])s2)sc2c1CC[NH+](C(C)C)C2. The predicted octanol–water partition coefficient (Wildman–Crippen LogP) is 2.11. The third-order valence-corrected chi connectivity index (χ3v) is 6.79. The van der Waals surface area contributed by atoms with Crippen molar-refractivity contribution in [2.24, 2.45) is 0 Å². The summed E-state index contributed by atoms with van der Waals surface area (Å²) in [4.78, 5) is 37.9. The fourth-order valence-electron chi connectivity index (χ4n) is 3.11. The predicted molar refractivity (Wildman–Crippen MR) is 103 cm³/mol. The topological polar surface area (TPSA) is 103 Å². The Morgan fingerprint density at radius 3 is 2.67 bits per heavy atom. The highest BCUT2D eigenvalue weighted by Gasteiger charge is 2.32. The van der Waals surface area contributed by atoms with Gasteiger partial charge in [0, 0.05) is 12.5 Å². The molecule has 0 spiro atoms. The second kappa shape index (κ2) is 7.75. The molecule has 0 bridgehead atoms. The van der Waals surface area contributed by atoms with Gasteiger partial charge in [0.15, 0.2) is 0 Å². The lowest BCUT2D eigenvalue weighted by Gasteiger charge is -2.27. The Hall–Kier alpha value is -2.30. The van der Waals surface area contributed by atoms with E-state index in [1.807, 2.05) is 0 Å². The van der Waals surface area contributed by atoms with Crippen LogP contribution in [0.4, 0.5) is 10.0 Å². The molecular weight excluding hydrogens is 390 g/mol. The van der Waals surface area contributed by atoms with Crippen molar-refractivity contribution >= 4 is 44.6 Å². The summed E-state index contributed by atoms with van der Waals surface area (Å²) in [5.41, 5.74) is 1.34. The molecule has 0 saturated carbocycles. The second-order valence-corrected chi connectivity index (χ2v) is 8.71. The first-order valence-corrected chi connectivity index (χ1v) is 10.1. The minimum absolute atomic E-state index is 0.102. The number of quaternary nitrogens is 1. The van der Waals surface area contributed by atoms with Gasteiger partial charge in [0.25, 0.3) is 5.91 Å². The Bertz CT molecular complexity index is 903. The van der Waals surface area contributed by atoms with Gasteiger partial charge in [-0.05, 0) is 25.5 Å². The number of methoxy groups -OCH3 is 1. The fourth-order valence-corrected chi connectivity index (χ4v) is 5.11. The first kappa shape index (κ1) is 19.5. The molecular formula is C17H20N3O5S2+. The molecule has 0 radical (unpaired) electrons. The number of carbonyl (C=O) groups excluding carboxylic acids is 2. The van der Waals surface area contributed by atoms with Crippen molar-refractivity contribution in [1.82, 2.24) is 0 Å². The summed E-state index contributed by atoms with van der Waals surface area (Å²) in [5, 5.41) is 13.9. The van der Waals surface area contributed by atoms with Crippen molar-refractivity contribution < 1.29 is 24.1 Å². The highest BCUT2D eigenvalue weighted by molar-refractivity contribution is 7.18. The van der Waals surface area contributed by atoms with Crippen LogP contribution in [0.25, 0.3) is 0 Å². The van der Waals surface area contributed by atoms with E-state index in [1.165, 1.54) is 35.5 Å². The molecule has 1 aliphatic heterocycles. The van der Waals surface area contributed by atoms with Crippen molar-refractivity contribution in [2.75, 3.05) is 19.0 Å². The molecule has 1 amide bonds. The number of anilines is 1. The number of rotatable bonds is 5. The molecule has 1 aliphatic rings. The van der Waals surface area contributed by atoms with Gasteiger partial charge in [-0.25, -0.2) is 4.79 Å². The van der Waals surface area contributed by atoms with Gasteiger partial charge in [-0.3, -0.25) is 14.9 Å². The first-order valence-electron chi connectivity index (χ1n) is 8.44. The van der Waals surface area contributed by atoms with Crippen LogP contribution in [0.15, 0.2) is 12.1 Å². The molecule has 27 heavy (non-hydrogen) atoms. The number of ether oxygens (including phenoxy) is 1. The minimum Gasteiger partial charge on any atom is -0.465 e. The maximum atomic E-state index is 12.5. The number of carbonyl (C=O) groups is 2. The smallest absolute Gasteiger partial charge is 0.341 e. The number of fused-ring (bicyclic) bond motifs is 1. The van der Waals surface area contributed by atoms with Gasteiger partial charge in [0.2, 0.25) is 0 Å². The standard InChI is InChI=1S/C17H19N3O5S2/c1-9(2)19-7-6-10-12(8-19)27-16(14(10)17(22)25-3)18-15(21)11-4-5-13(26-11)20(23)24/h4-5,9H,6-8H2,1-3H3,(H,18,21)/p+1. The maximum absolute atomic E-state index is 12.5. The normalized spacial score (nSPS) is 16.1. The molecule has 2 N–H and O–H groups in total. The summed E-state index contributed by atoms with van der Waals surface area (Å²) in [7, 11) is 1.31. The van der Waals surface area contributed by atoms with Gasteiger partial charge in [0.05, 0.1) is 39.9 Å². The highest BCUT2D eigenvalue weighted by Crippen LogP contribution is 2.36. The molecule has 144 valence electrons. The Balaban J connectivity index is 1.91. The van der Waals surface area contributed by atoms with Gasteiger partial charge in [0.1, 0.15) is 11.5 Å². The minimum atomic E-state index is -0.533. The molecule has 3 rings (SSSR count). The quantitative estimate of drug-likeness (QED) is 0.446. The van der Waals surface area contributed by atoms with E-state index in [0.717, 1.165) is 41.3 Å². The molecule has 1 unspecified atom stereocenters. The molecule has 8 nitrogen and oxygen atoms in total. The van der Waals surface area contributed by atoms with Crippen LogP contribution in [0.1, 0.15) is 44.3 Å². The number of esters is 1. The van der Waals surface area contributed by atoms with Gasteiger partial charge in [-0.2, -0.15) is 0 Å². The highest BCUT2D eigenvalue weighted by atomic mass is 32.1. The van der Waals surface area contributed by atoms with Crippen molar-refractivity contribution in [3.8, 4) is 0 Å². The number of nitrogens with one attached hydrogen (secondary N) is 2. The number of hydrogen-bond acceptors (Lipinski definition) is 7. The van der Waals surface area contributed by atoms with Crippen LogP contribution < -0.4 is 10.2 Å². The lowest BCUT2D eigenvalue weighted by molar-refractivity contribution is -0.936. The average molecular weight is 410 g/mol. The number of amides is 1. The zero-order valence-electron chi connectivity index (χ0n) is 15.2. The zero-order valence-corrected chi connectivity index (χ0v) is 16.8. The van der Waals surface area contributed by atoms with Crippen molar-refractivity contribution in [3.63, 3.8) is 0 Å². The molecule has 2 aromatic heterocycles. The van der Waals surface area contributed by atoms with Crippen LogP contribution in [0.2, 0.25) is 0 Å². The molecule has 0 aromatic carbocycles. The summed E-state index contributed by atoms with van der Waals surface area (Å²) < 4.78 is 4.92. The Morgan fingerprint density at radius 1 is 1.33 bits per heavy atom. The van der Waals surface area contributed by atoms with Crippen LogP contribution in [0.5, 0.6) is 0 Å². The number of nitrogens with zero attached hydrogens (tertiary/aromatic N) is 1. The number of thiophene rings is 2. The van der Waals surface area contributed by atoms with E-state index in [2.05, 4.69) is 19.2 Å². The molecule has 3 heterocycles. The lowest BCUT2D eigenvalue weighted by atomic mass is 10.0. The summed E-state index contributed by atoms with van der Waals surface area (Å²) in [6, 6.07) is 3.17. The van der Waals surface area contributed by atoms with Crippen molar-refractivity contribution in [2.45, 2.75) is 32.9 Å². The van der Waals surface area contributed by atoms with Crippen molar-refractivity contribution in [3.05, 3.63) is 43.1 Å². The van der Waals surface area contributed by atoms with E-state index in [-0.39, 0.29) is 9.88 Å². The second-order valence-electron chi connectivity index (χ2n) is 6.54. The van der Waals surface area contributed by atoms with Crippen LogP contribution in [0, 0.1) is 10.1 Å². The van der Waals surface area contributed by atoms with Crippen LogP contribution >= 0.6 is 22.7 Å².